The Balaban J connectivity index is 2.03. The quantitative estimate of drug-likeness (QED) is 0.440. The highest BCUT2D eigenvalue weighted by Crippen LogP contribution is 2.69. The van der Waals surface area contributed by atoms with Gasteiger partial charge in [0, 0.05) is 48.6 Å². The number of esters is 2. The van der Waals surface area contributed by atoms with Gasteiger partial charge in [-0.1, -0.05) is 22.6 Å². The highest BCUT2D eigenvalue weighted by Gasteiger charge is 2.70. The first-order valence-corrected chi connectivity index (χ1v) is 8.40. The van der Waals surface area contributed by atoms with Crippen molar-refractivity contribution in [1.29, 1.82) is 0 Å². The van der Waals surface area contributed by atoms with E-state index in [1.54, 1.807) is 0 Å². The van der Waals surface area contributed by atoms with Crippen molar-refractivity contribution in [2.45, 2.75) is 67.0 Å². The molecule has 5 nitrogen and oxygen atoms in total. The zero-order chi connectivity index (χ0) is 15.5. The molecule has 2 atom stereocenters. The molecule has 0 heterocycles. The van der Waals surface area contributed by atoms with Crippen LogP contribution in [0.4, 0.5) is 0 Å². The third kappa shape index (κ3) is 2.58. The smallest absolute Gasteiger partial charge is 0.303 e. The summed E-state index contributed by atoms with van der Waals surface area (Å²) >= 11 is 2.42. The molecule has 0 aromatic rings. The summed E-state index contributed by atoms with van der Waals surface area (Å²) in [4.78, 5) is 23.1. The molecule has 4 rings (SSSR count). The lowest BCUT2D eigenvalue weighted by molar-refractivity contribution is -0.246. The van der Waals surface area contributed by atoms with Gasteiger partial charge in [-0.25, -0.2) is 0 Å². The Morgan fingerprint density at radius 2 is 1.43 bits per heavy atom. The molecule has 4 saturated carbocycles. The predicted molar refractivity (Wildman–Crippen MR) is 83.0 cm³/mol. The molecule has 4 aliphatic carbocycles. The molecule has 2 unspecified atom stereocenters. The van der Waals surface area contributed by atoms with E-state index >= 15 is 0 Å². The maximum Gasteiger partial charge on any atom is 0.303 e. The number of ether oxygens (including phenoxy) is 2. The molecule has 21 heavy (non-hydrogen) atoms. The number of aliphatic hydroxyl groups is 1. The molecule has 0 aromatic carbocycles. The van der Waals surface area contributed by atoms with Gasteiger partial charge in [0.25, 0.3) is 0 Å². The Morgan fingerprint density at radius 3 is 1.81 bits per heavy atom. The van der Waals surface area contributed by atoms with Crippen LogP contribution in [0, 0.1) is 5.41 Å². The van der Waals surface area contributed by atoms with Crippen molar-refractivity contribution in [1.82, 2.24) is 0 Å². The number of halogens is 1. The van der Waals surface area contributed by atoms with Gasteiger partial charge in [0.15, 0.2) is 0 Å². The maximum atomic E-state index is 11.6. The Kier molecular flexibility index (Phi) is 3.37. The van der Waals surface area contributed by atoms with Crippen molar-refractivity contribution in [2.24, 2.45) is 5.41 Å². The Hall–Kier alpha value is -0.370. The van der Waals surface area contributed by atoms with E-state index in [1.165, 1.54) is 13.8 Å². The maximum absolute atomic E-state index is 11.6. The molecule has 0 spiro atoms. The van der Waals surface area contributed by atoms with Crippen LogP contribution in [0.3, 0.4) is 0 Å². The third-order valence-electron chi connectivity index (χ3n) is 5.06. The number of alkyl halides is 1. The van der Waals surface area contributed by atoms with Crippen LogP contribution in [0.15, 0.2) is 0 Å². The molecule has 4 fully saturated rings. The van der Waals surface area contributed by atoms with Crippen LogP contribution in [-0.2, 0) is 19.1 Å². The van der Waals surface area contributed by atoms with Crippen LogP contribution in [-0.4, -0.2) is 38.3 Å². The second kappa shape index (κ2) is 4.57. The first-order valence-electron chi connectivity index (χ1n) is 7.33. The van der Waals surface area contributed by atoms with Crippen molar-refractivity contribution in [2.75, 3.05) is 6.61 Å². The number of carbonyl (C=O) groups is 2. The summed E-state index contributed by atoms with van der Waals surface area (Å²) in [5, 5.41) is 9.96. The van der Waals surface area contributed by atoms with Gasteiger partial charge in [0.1, 0.15) is 11.2 Å². The largest absolute Gasteiger partial charge is 0.459 e. The van der Waals surface area contributed by atoms with Gasteiger partial charge >= 0.3 is 11.9 Å². The minimum atomic E-state index is -0.597. The van der Waals surface area contributed by atoms with E-state index in [9.17, 15) is 14.7 Å². The van der Waals surface area contributed by atoms with E-state index in [2.05, 4.69) is 22.6 Å². The van der Waals surface area contributed by atoms with Crippen LogP contribution in [0.5, 0.6) is 0 Å². The topological polar surface area (TPSA) is 72.8 Å². The molecule has 4 aliphatic rings. The Morgan fingerprint density at radius 1 is 0.952 bits per heavy atom. The lowest BCUT2D eigenvalue weighted by atomic mass is 9.46. The lowest BCUT2D eigenvalue weighted by Gasteiger charge is -2.67. The molecule has 1 N–H and O–H groups in total. The van der Waals surface area contributed by atoms with E-state index in [4.69, 9.17) is 9.47 Å². The van der Waals surface area contributed by atoms with Gasteiger partial charge in [-0.05, 0) is 19.3 Å². The van der Waals surface area contributed by atoms with Crippen molar-refractivity contribution in [3.63, 3.8) is 0 Å². The minimum Gasteiger partial charge on any atom is -0.459 e. The van der Waals surface area contributed by atoms with E-state index in [0.29, 0.717) is 19.3 Å². The van der Waals surface area contributed by atoms with E-state index in [-0.39, 0.29) is 27.4 Å². The number of hydrogen-bond donors (Lipinski definition) is 1. The van der Waals surface area contributed by atoms with Crippen LogP contribution in [0.25, 0.3) is 0 Å². The van der Waals surface area contributed by atoms with Crippen LogP contribution < -0.4 is 0 Å². The van der Waals surface area contributed by atoms with Gasteiger partial charge < -0.3 is 14.6 Å². The van der Waals surface area contributed by atoms with Crippen molar-refractivity contribution in [3.05, 3.63) is 0 Å². The fourth-order valence-corrected chi connectivity index (χ4v) is 7.72. The summed E-state index contributed by atoms with van der Waals surface area (Å²) in [6.45, 7) is 2.88. The summed E-state index contributed by atoms with van der Waals surface area (Å²) in [6.07, 6.45) is 4.36. The van der Waals surface area contributed by atoms with Crippen LogP contribution in [0.2, 0.25) is 0 Å². The number of hydrogen-bond acceptors (Lipinski definition) is 5. The molecule has 0 aliphatic heterocycles. The van der Waals surface area contributed by atoms with E-state index in [0.717, 1.165) is 19.3 Å². The Bertz CT molecular complexity index is 470. The second-order valence-electron chi connectivity index (χ2n) is 7.42. The van der Waals surface area contributed by atoms with Crippen molar-refractivity contribution >= 4 is 34.5 Å². The molecule has 0 amide bonds. The average Bonchev–Trinajstić information content (AvgIpc) is 2.21. The Labute approximate surface area is 137 Å². The summed E-state index contributed by atoms with van der Waals surface area (Å²) in [5.41, 5.74) is -1.50. The van der Waals surface area contributed by atoms with Crippen molar-refractivity contribution < 1.29 is 24.2 Å². The molecule has 0 saturated heterocycles. The number of aliphatic hydroxyl groups excluding tert-OH is 1. The average molecular weight is 408 g/mol. The van der Waals surface area contributed by atoms with Crippen LogP contribution >= 0.6 is 22.6 Å². The standard InChI is InChI=1S/C15H21IO5/c1-10(18)20-14-4-12(9-17)3-13(16,6-14)7-15(5-12,8-14)21-11(2)19/h17H,3-9H2,1-2H3. The minimum absolute atomic E-state index is 0.0454. The molecule has 6 heteroatoms. The molecular formula is C15H21IO5. The van der Waals surface area contributed by atoms with E-state index in [1.807, 2.05) is 0 Å². The summed E-state index contributed by atoms with van der Waals surface area (Å²) in [5.74, 6) is -0.606. The SMILES string of the molecule is CC(=O)OC12CC3(I)CC(CO)(C1)CC(OC(C)=O)(C3)C2. The fourth-order valence-electron chi connectivity index (χ4n) is 5.52. The number of carbonyl (C=O) groups excluding carboxylic acids is 2. The van der Waals surface area contributed by atoms with Gasteiger partial charge in [-0.2, -0.15) is 0 Å². The third-order valence-corrected chi connectivity index (χ3v) is 6.21. The molecule has 0 radical (unpaired) electrons. The fraction of sp³-hybridized carbons (Fsp3) is 0.867. The molecule has 118 valence electrons. The van der Waals surface area contributed by atoms with Crippen LogP contribution in [0.1, 0.15) is 52.4 Å². The zero-order valence-electron chi connectivity index (χ0n) is 12.4. The second-order valence-corrected chi connectivity index (χ2v) is 9.71. The lowest BCUT2D eigenvalue weighted by Crippen LogP contribution is -2.70. The molecule has 4 bridgehead atoms. The summed E-state index contributed by atoms with van der Waals surface area (Å²) < 4.78 is 11.3. The monoisotopic (exact) mass is 408 g/mol. The predicted octanol–water partition coefficient (Wildman–Crippen LogP) is 2.12. The van der Waals surface area contributed by atoms with Gasteiger partial charge in [-0.3, -0.25) is 9.59 Å². The summed E-state index contributed by atoms with van der Waals surface area (Å²) in [7, 11) is 0. The first kappa shape index (κ1) is 15.5. The highest BCUT2D eigenvalue weighted by molar-refractivity contribution is 14.1. The van der Waals surface area contributed by atoms with Gasteiger partial charge in [0.2, 0.25) is 0 Å². The van der Waals surface area contributed by atoms with Crippen molar-refractivity contribution in [3.8, 4) is 0 Å². The number of rotatable bonds is 3. The highest BCUT2D eigenvalue weighted by atomic mass is 127. The van der Waals surface area contributed by atoms with Gasteiger partial charge in [-0.15, -0.1) is 0 Å². The molecular weight excluding hydrogens is 387 g/mol. The first-order chi connectivity index (χ1) is 9.64. The van der Waals surface area contributed by atoms with E-state index < -0.39 is 11.2 Å². The zero-order valence-corrected chi connectivity index (χ0v) is 14.6. The van der Waals surface area contributed by atoms with Gasteiger partial charge in [0.05, 0.1) is 0 Å². The normalized spacial score (nSPS) is 47.2. The molecule has 0 aromatic heterocycles. The summed E-state index contributed by atoms with van der Waals surface area (Å²) in [6, 6.07) is 0.